The molecular formula is C21H15Br2N3O2. The molecule has 0 saturated carbocycles. The number of aromatic nitrogens is 3. The second-order valence-corrected chi connectivity index (χ2v) is 8.05. The zero-order valence-electron chi connectivity index (χ0n) is 15.1. The van der Waals surface area contributed by atoms with Gasteiger partial charge in [-0.15, -0.1) is 0 Å². The number of ether oxygens (including phenoxy) is 1. The van der Waals surface area contributed by atoms with Crippen LogP contribution in [0.2, 0.25) is 0 Å². The van der Waals surface area contributed by atoms with Crippen LogP contribution >= 0.6 is 31.9 Å². The van der Waals surface area contributed by atoms with Gasteiger partial charge in [0.05, 0.1) is 21.4 Å². The molecular weight excluding hydrogens is 486 g/mol. The van der Waals surface area contributed by atoms with Crippen molar-refractivity contribution in [2.24, 2.45) is 0 Å². The molecule has 4 aromatic rings. The summed E-state index contributed by atoms with van der Waals surface area (Å²) in [5.74, 6) is -0.0543. The molecule has 0 saturated heterocycles. The molecule has 4 rings (SSSR count). The Morgan fingerprint density at radius 3 is 2.46 bits per heavy atom. The molecule has 2 aromatic carbocycles. The van der Waals surface area contributed by atoms with Crippen molar-refractivity contribution >= 4 is 48.7 Å². The number of carbonyl (C=O) groups excluding carboxylic acids is 1. The third kappa shape index (κ3) is 3.47. The van der Waals surface area contributed by atoms with Gasteiger partial charge in [0.1, 0.15) is 5.52 Å². The second kappa shape index (κ2) is 7.48. The van der Waals surface area contributed by atoms with Crippen molar-refractivity contribution in [2.75, 3.05) is 0 Å². The van der Waals surface area contributed by atoms with E-state index in [1.54, 1.807) is 18.3 Å². The fourth-order valence-electron chi connectivity index (χ4n) is 3.02. The van der Waals surface area contributed by atoms with Gasteiger partial charge in [0.2, 0.25) is 0 Å². The van der Waals surface area contributed by atoms with Crippen molar-refractivity contribution in [2.45, 2.75) is 13.8 Å². The summed E-state index contributed by atoms with van der Waals surface area (Å²) < 4.78 is 9.04. The molecule has 0 bridgehead atoms. The van der Waals surface area contributed by atoms with E-state index in [1.165, 1.54) is 0 Å². The van der Waals surface area contributed by atoms with E-state index in [9.17, 15) is 4.79 Å². The van der Waals surface area contributed by atoms with Crippen molar-refractivity contribution in [3.63, 3.8) is 0 Å². The van der Waals surface area contributed by atoms with Gasteiger partial charge in [0.15, 0.2) is 5.75 Å². The van der Waals surface area contributed by atoms with Gasteiger partial charge in [-0.2, -0.15) is 5.10 Å². The summed E-state index contributed by atoms with van der Waals surface area (Å²) >= 11 is 6.97. The van der Waals surface area contributed by atoms with Gasteiger partial charge in [-0.3, -0.25) is 4.98 Å². The molecule has 0 radical (unpaired) electrons. The van der Waals surface area contributed by atoms with Crippen LogP contribution in [0.1, 0.15) is 21.7 Å². The number of nitrogens with zero attached hydrogens (tertiary/aromatic N) is 3. The summed E-state index contributed by atoms with van der Waals surface area (Å²) in [5, 5.41) is 5.33. The van der Waals surface area contributed by atoms with Crippen molar-refractivity contribution in [3.05, 3.63) is 80.6 Å². The van der Waals surface area contributed by atoms with Crippen molar-refractivity contribution in [1.82, 2.24) is 14.8 Å². The molecule has 0 N–H and O–H groups in total. The smallest absolute Gasteiger partial charge is 0.343 e. The Morgan fingerprint density at radius 2 is 1.79 bits per heavy atom. The third-order valence-corrected chi connectivity index (χ3v) is 5.55. The maximum atomic E-state index is 12.7. The molecule has 0 aliphatic rings. The maximum Gasteiger partial charge on any atom is 0.343 e. The Morgan fingerprint density at radius 1 is 1.04 bits per heavy atom. The van der Waals surface area contributed by atoms with E-state index in [0.717, 1.165) is 26.9 Å². The van der Waals surface area contributed by atoms with Gasteiger partial charge in [-0.1, -0.05) is 22.0 Å². The predicted octanol–water partition coefficient (Wildman–Crippen LogP) is 5.78. The lowest BCUT2D eigenvalue weighted by atomic mass is 10.2. The SMILES string of the molecule is Cc1cc(C)n(-c2ccc(C(=O)Oc3c(Br)cc(Br)c4cccnc34)cc2)n1. The van der Waals surface area contributed by atoms with Crippen LogP contribution in [-0.2, 0) is 0 Å². The molecule has 0 aliphatic heterocycles. The monoisotopic (exact) mass is 499 g/mol. The first kappa shape index (κ1) is 18.8. The lowest BCUT2D eigenvalue weighted by molar-refractivity contribution is 0.0735. The number of carbonyl (C=O) groups is 1. The van der Waals surface area contributed by atoms with Gasteiger partial charge >= 0.3 is 5.97 Å². The van der Waals surface area contributed by atoms with Gasteiger partial charge < -0.3 is 4.74 Å². The minimum absolute atomic E-state index is 0.395. The normalized spacial score (nSPS) is 11.0. The molecule has 0 aliphatic carbocycles. The number of rotatable bonds is 3. The Balaban J connectivity index is 1.65. The van der Waals surface area contributed by atoms with E-state index < -0.39 is 5.97 Å². The minimum Gasteiger partial charge on any atom is -0.419 e. The van der Waals surface area contributed by atoms with E-state index in [0.29, 0.717) is 21.3 Å². The summed E-state index contributed by atoms with van der Waals surface area (Å²) in [5.41, 5.74) is 3.92. The van der Waals surface area contributed by atoms with Gasteiger partial charge in [-0.05, 0) is 72.2 Å². The van der Waals surface area contributed by atoms with Gasteiger partial charge in [0, 0.05) is 21.7 Å². The fourth-order valence-corrected chi connectivity index (χ4v) is 4.38. The summed E-state index contributed by atoms with van der Waals surface area (Å²) in [4.78, 5) is 17.1. The Kier molecular flexibility index (Phi) is 5.03. The summed E-state index contributed by atoms with van der Waals surface area (Å²) in [6.07, 6.45) is 1.67. The van der Waals surface area contributed by atoms with Crippen LogP contribution in [0.25, 0.3) is 16.6 Å². The van der Waals surface area contributed by atoms with E-state index in [4.69, 9.17) is 4.74 Å². The quantitative estimate of drug-likeness (QED) is 0.264. The van der Waals surface area contributed by atoms with Crippen LogP contribution in [0.5, 0.6) is 5.75 Å². The lowest BCUT2D eigenvalue weighted by Crippen LogP contribution is -2.10. The van der Waals surface area contributed by atoms with Crippen LogP contribution in [0, 0.1) is 13.8 Å². The largest absolute Gasteiger partial charge is 0.419 e. The van der Waals surface area contributed by atoms with Crippen LogP contribution in [0.15, 0.2) is 63.7 Å². The molecule has 28 heavy (non-hydrogen) atoms. The minimum atomic E-state index is -0.449. The molecule has 0 fully saturated rings. The average molecular weight is 501 g/mol. The summed E-state index contributed by atoms with van der Waals surface area (Å²) in [6.45, 7) is 3.94. The molecule has 2 heterocycles. The number of halogens is 2. The second-order valence-electron chi connectivity index (χ2n) is 6.34. The molecule has 0 spiro atoms. The first-order valence-electron chi connectivity index (χ1n) is 8.52. The van der Waals surface area contributed by atoms with Gasteiger partial charge in [0.25, 0.3) is 0 Å². The molecule has 7 heteroatoms. The molecule has 0 amide bonds. The van der Waals surface area contributed by atoms with Crippen molar-refractivity contribution in [3.8, 4) is 11.4 Å². The molecule has 140 valence electrons. The third-order valence-electron chi connectivity index (χ3n) is 4.30. The van der Waals surface area contributed by atoms with Crippen molar-refractivity contribution < 1.29 is 9.53 Å². The summed E-state index contributed by atoms with van der Waals surface area (Å²) in [6, 6.07) is 14.8. The number of hydrogen-bond acceptors (Lipinski definition) is 4. The number of esters is 1. The van der Waals surface area contributed by atoms with E-state index in [-0.39, 0.29) is 0 Å². The highest BCUT2D eigenvalue weighted by atomic mass is 79.9. The number of pyridine rings is 1. The topological polar surface area (TPSA) is 57.0 Å². The highest BCUT2D eigenvalue weighted by Crippen LogP contribution is 2.37. The van der Waals surface area contributed by atoms with Crippen LogP contribution in [-0.4, -0.2) is 20.7 Å². The maximum absolute atomic E-state index is 12.7. The zero-order chi connectivity index (χ0) is 19.8. The first-order valence-corrected chi connectivity index (χ1v) is 10.1. The highest BCUT2D eigenvalue weighted by Gasteiger charge is 2.17. The van der Waals surface area contributed by atoms with Crippen LogP contribution < -0.4 is 4.74 Å². The van der Waals surface area contributed by atoms with E-state index in [2.05, 4.69) is 41.9 Å². The molecule has 0 unspecified atom stereocenters. The van der Waals surface area contributed by atoms with Crippen LogP contribution in [0.4, 0.5) is 0 Å². The molecule has 2 aromatic heterocycles. The van der Waals surface area contributed by atoms with Crippen LogP contribution in [0.3, 0.4) is 0 Å². The summed E-state index contributed by atoms with van der Waals surface area (Å²) in [7, 11) is 0. The Labute approximate surface area is 178 Å². The lowest BCUT2D eigenvalue weighted by Gasteiger charge is -2.11. The molecule has 5 nitrogen and oxygen atoms in total. The Bertz CT molecular complexity index is 1200. The number of aryl methyl sites for hydroxylation is 2. The zero-order valence-corrected chi connectivity index (χ0v) is 18.3. The van der Waals surface area contributed by atoms with Crippen molar-refractivity contribution in [1.29, 1.82) is 0 Å². The highest BCUT2D eigenvalue weighted by molar-refractivity contribution is 9.11. The number of hydrogen-bond donors (Lipinski definition) is 0. The van der Waals surface area contributed by atoms with Gasteiger partial charge in [-0.25, -0.2) is 9.48 Å². The standard InChI is InChI=1S/C21H15Br2N3O2/c1-12-10-13(2)26(25-12)15-7-5-14(6-8-15)21(27)28-20-18(23)11-17(22)16-4-3-9-24-19(16)20/h3-11H,1-2H3. The van der Waals surface area contributed by atoms with E-state index in [1.807, 2.05) is 54.9 Å². The average Bonchev–Trinajstić information content (AvgIpc) is 3.03. The first-order chi connectivity index (χ1) is 13.4. The predicted molar refractivity (Wildman–Crippen MR) is 115 cm³/mol. The Hall–Kier alpha value is -2.51. The number of fused-ring (bicyclic) bond motifs is 1. The fraction of sp³-hybridized carbons (Fsp3) is 0.0952. The molecule has 0 atom stereocenters. The van der Waals surface area contributed by atoms with E-state index >= 15 is 0 Å². The number of benzene rings is 2.